The third-order valence-electron chi connectivity index (χ3n) is 3.66. The topological polar surface area (TPSA) is 81.3 Å². The lowest BCUT2D eigenvalue weighted by atomic mass is 10.0. The molecule has 7 nitrogen and oxygen atoms in total. The molecule has 2 rings (SSSR count). The van der Waals surface area contributed by atoms with Gasteiger partial charge >= 0.3 is 5.69 Å². The number of likely N-dealkylation sites (tertiary alicyclic amines) is 1. The van der Waals surface area contributed by atoms with Crippen LogP contribution in [-0.4, -0.2) is 37.1 Å². The summed E-state index contributed by atoms with van der Waals surface area (Å²) >= 11 is 0. The van der Waals surface area contributed by atoms with Gasteiger partial charge in [0.15, 0.2) is 0 Å². The number of carbonyl (C=O) groups excluding carboxylic acids is 1. The highest BCUT2D eigenvalue weighted by Crippen LogP contribution is 2.33. The van der Waals surface area contributed by atoms with Crippen LogP contribution >= 0.6 is 0 Å². The van der Waals surface area contributed by atoms with Crippen molar-refractivity contribution >= 4 is 11.6 Å². The molecular weight excluding hydrogens is 248 g/mol. The van der Waals surface area contributed by atoms with Crippen molar-refractivity contribution in [3.8, 4) is 0 Å². The molecule has 0 radical (unpaired) electrons. The average Bonchev–Trinajstić information content (AvgIpc) is 2.84. The number of hydrogen-bond acceptors (Lipinski definition) is 4. The van der Waals surface area contributed by atoms with Crippen LogP contribution in [0.5, 0.6) is 0 Å². The second kappa shape index (κ2) is 4.64. The van der Waals surface area contributed by atoms with Crippen molar-refractivity contribution in [2.45, 2.75) is 51.7 Å². The van der Waals surface area contributed by atoms with Gasteiger partial charge in [-0.25, -0.2) is 0 Å². The highest BCUT2D eigenvalue weighted by molar-refractivity contribution is 5.77. The Morgan fingerprint density at radius 2 is 2.32 bits per heavy atom. The lowest BCUT2D eigenvalue weighted by molar-refractivity contribution is -0.385. The van der Waals surface area contributed by atoms with Gasteiger partial charge in [-0.3, -0.25) is 19.6 Å². The third kappa shape index (κ3) is 2.59. The van der Waals surface area contributed by atoms with E-state index < -0.39 is 4.92 Å². The van der Waals surface area contributed by atoms with Crippen molar-refractivity contribution in [1.82, 2.24) is 14.7 Å². The molecule has 0 aliphatic carbocycles. The van der Waals surface area contributed by atoms with Gasteiger partial charge in [0.05, 0.1) is 4.92 Å². The van der Waals surface area contributed by atoms with Crippen molar-refractivity contribution in [2.24, 2.45) is 0 Å². The van der Waals surface area contributed by atoms with E-state index in [1.807, 2.05) is 25.7 Å². The Balaban J connectivity index is 2.10. The average molecular weight is 266 g/mol. The first-order valence-electron chi connectivity index (χ1n) is 6.30. The van der Waals surface area contributed by atoms with Gasteiger partial charge in [-0.1, -0.05) is 0 Å². The predicted octanol–water partition coefficient (Wildman–Crippen LogP) is 1.58. The maximum Gasteiger partial charge on any atom is 0.307 e. The fourth-order valence-electron chi connectivity index (χ4n) is 2.74. The molecule has 1 aliphatic rings. The SMILES string of the molecule is C[C@H]1CCC(C)(C)N1C(=O)Cn1cc([N+](=O)[O-])cn1. The minimum Gasteiger partial charge on any atom is -0.333 e. The zero-order valence-electron chi connectivity index (χ0n) is 11.4. The molecule has 0 aromatic carbocycles. The monoisotopic (exact) mass is 266 g/mol. The zero-order valence-corrected chi connectivity index (χ0v) is 11.4. The van der Waals surface area contributed by atoms with Crippen LogP contribution in [-0.2, 0) is 11.3 Å². The standard InChI is InChI=1S/C12H18N4O3/c1-9-4-5-12(2,3)15(9)11(17)8-14-7-10(6-13-14)16(18)19/h6-7,9H,4-5,8H2,1-3H3/t9-/m0/s1. The summed E-state index contributed by atoms with van der Waals surface area (Å²) in [4.78, 5) is 24.2. The summed E-state index contributed by atoms with van der Waals surface area (Å²) in [5.74, 6) is -0.0482. The maximum atomic E-state index is 12.3. The molecule has 1 aliphatic heterocycles. The molecule has 2 heterocycles. The first kappa shape index (κ1) is 13.5. The van der Waals surface area contributed by atoms with E-state index in [-0.39, 0.29) is 29.7 Å². The summed E-state index contributed by atoms with van der Waals surface area (Å²) in [5, 5.41) is 14.4. The molecule has 0 bridgehead atoms. The molecule has 0 spiro atoms. The van der Waals surface area contributed by atoms with E-state index in [0.29, 0.717) is 0 Å². The van der Waals surface area contributed by atoms with Crippen LogP contribution in [0.3, 0.4) is 0 Å². The molecule has 0 N–H and O–H groups in total. The Morgan fingerprint density at radius 3 is 2.79 bits per heavy atom. The molecule has 1 atom stereocenters. The Bertz CT molecular complexity index is 509. The molecule has 7 heteroatoms. The molecule has 1 saturated heterocycles. The number of amides is 1. The second-order valence-corrected chi connectivity index (χ2v) is 5.62. The number of aromatic nitrogens is 2. The number of nitrogens with zero attached hydrogens (tertiary/aromatic N) is 4. The lowest BCUT2D eigenvalue weighted by Crippen LogP contribution is -2.47. The molecular formula is C12H18N4O3. The van der Waals surface area contributed by atoms with Crippen LogP contribution in [0.2, 0.25) is 0 Å². The number of nitro groups is 1. The van der Waals surface area contributed by atoms with E-state index in [1.165, 1.54) is 10.9 Å². The van der Waals surface area contributed by atoms with E-state index in [2.05, 4.69) is 5.10 Å². The van der Waals surface area contributed by atoms with Crippen molar-refractivity contribution in [1.29, 1.82) is 0 Å². The second-order valence-electron chi connectivity index (χ2n) is 5.62. The van der Waals surface area contributed by atoms with Crippen LogP contribution < -0.4 is 0 Å². The summed E-state index contributed by atoms with van der Waals surface area (Å²) < 4.78 is 1.32. The molecule has 19 heavy (non-hydrogen) atoms. The highest BCUT2D eigenvalue weighted by Gasteiger charge is 2.40. The van der Waals surface area contributed by atoms with Gasteiger partial charge in [-0.15, -0.1) is 0 Å². The third-order valence-corrected chi connectivity index (χ3v) is 3.66. The van der Waals surface area contributed by atoms with E-state index in [0.717, 1.165) is 19.0 Å². The normalized spacial score (nSPS) is 21.6. The quantitative estimate of drug-likeness (QED) is 0.614. The smallest absolute Gasteiger partial charge is 0.307 e. The van der Waals surface area contributed by atoms with Gasteiger partial charge in [0.2, 0.25) is 5.91 Å². The minimum atomic E-state index is -0.517. The van der Waals surface area contributed by atoms with E-state index in [9.17, 15) is 14.9 Å². The Kier molecular flexibility index (Phi) is 3.30. The van der Waals surface area contributed by atoms with Crippen molar-refractivity contribution in [2.75, 3.05) is 0 Å². The van der Waals surface area contributed by atoms with Crippen molar-refractivity contribution in [3.63, 3.8) is 0 Å². The first-order chi connectivity index (χ1) is 8.81. The van der Waals surface area contributed by atoms with Gasteiger partial charge in [0.1, 0.15) is 18.9 Å². The highest BCUT2D eigenvalue weighted by atomic mass is 16.6. The van der Waals surface area contributed by atoms with Crippen LogP contribution in [0.4, 0.5) is 5.69 Å². The van der Waals surface area contributed by atoms with Gasteiger partial charge in [0.25, 0.3) is 0 Å². The fraction of sp³-hybridized carbons (Fsp3) is 0.667. The van der Waals surface area contributed by atoms with E-state index >= 15 is 0 Å². The van der Waals surface area contributed by atoms with Gasteiger partial charge < -0.3 is 4.90 Å². The summed E-state index contributed by atoms with van der Waals surface area (Å²) in [6.45, 7) is 6.15. The van der Waals surface area contributed by atoms with Crippen LogP contribution in [0, 0.1) is 10.1 Å². The van der Waals surface area contributed by atoms with Crippen LogP contribution in [0.25, 0.3) is 0 Å². The lowest BCUT2D eigenvalue weighted by Gasteiger charge is -2.34. The molecule has 104 valence electrons. The molecule has 1 fully saturated rings. The zero-order chi connectivity index (χ0) is 14.2. The van der Waals surface area contributed by atoms with Crippen molar-refractivity contribution in [3.05, 3.63) is 22.5 Å². The largest absolute Gasteiger partial charge is 0.333 e. The van der Waals surface area contributed by atoms with E-state index in [4.69, 9.17) is 0 Å². The number of hydrogen-bond donors (Lipinski definition) is 0. The summed E-state index contributed by atoms with van der Waals surface area (Å²) in [6.07, 6.45) is 4.40. The Hall–Kier alpha value is -1.92. The maximum absolute atomic E-state index is 12.3. The number of rotatable bonds is 3. The first-order valence-corrected chi connectivity index (χ1v) is 6.30. The Labute approximate surface area is 111 Å². The molecule has 1 amide bonds. The van der Waals surface area contributed by atoms with Gasteiger partial charge in [-0.05, 0) is 33.6 Å². The molecule has 0 saturated carbocycles. The van der Waals surface area contributed by atoms with Gasteiger partial charge in [-0.2, -0.15) is 5.10 Å². The summed E-state index contributed by atoms with van der Waals surface area (Å²) in [5.41, 5.74) is -0.253. The molecule has 1 aromatic heterocycles. The minimum absolute atomic E-state index is 0.0433. The van der Waals surface area contributed by atoms with Crippen LogP contribution in [0.1, 0.15) is 33.6 Å². The predicted molar refractivity (Wildman–Crippen MR) is 68.5 cm³/mol. The fourth-order valence-corrected chi connectivity index (χ4v) is 2.74. The molecule has 0 unspecified atom stereocenters. The molecule has 1 aromatic rings. The summed E-state index contributed by atoms with van der Waals surface area (Å²) in [7, 11) is 0. The van der Waals surface area contributed by atoms with E-state index in [1.54, 1.807) is 0 Å². The van der Waals surface area contributed by atoms with Crippen molar-refractivity contribution < 1.29 is 9.72 Å². The number of carbonyl (C=O) groups is 1. The van der Waals surface area contributed by atoms with Gasteiger partial charge in [0, 0.05) is 11.6 Å². The summed E-state index contributed by atoms with van der Waals surface area (Å²) in [6, 6.07) is 0.202. The Morgan fingerprint density at radius 1 is 1.63 bits per heavy atom. The van der Waals surface area contributed by atoms with Crippen LogP contribution in [0.15, 0.2) is 12.4 Å².